The lowest BCUT2D eigenvalue weighted by Crippen LogP contribution is -2.58. The molecule has 2 aromatic rings. The molecule has 1 N–H and O–H groups in total. The van der Waals surface area contributed by atoms with Gasteiger partial charge in [0, 0.05) is 15.6 Å². The van der Waals surface area contributed by atoms with Gasteiger partial charge in [-0.2, -0.15) is 0 Å². The zero-order valence-electron chi connectivity index (χ0n) is 14.6. The minimum atomic E-state index is -0.534. The number of amides is 1. The highest BCUT2D eigenvalue weighted by atomic mass is 79.9. The van der Waals surface area contributed by atoms with E-state index in [1.807, 2.05) is 12.1 Å². The third-order valence-corrected chi connectivity index (χ3v) is 6.04. The van der Waals surface area contributed by atoms with Crippen LogP contribution in [0.1, 0.15) is 30.5 Å². The highest BCUT2D eigenvalue weighted by Gasteiger charge is 2.59. The summed E-state index contributed by atoms with van der Waals surface area (Å²) in [7, 11) is 0. The summed E-state index contributed by atoms with van der Waals surface area (Å²) in [5, 5.41) is 3.26. The van der Waals surface area contributed by atoms with E-state index < -0.39 is 5.66 Å². The zero-order valence-corrected chi connectivity index (χ0v) is 16.2. The number of carbonyl (C=O) groups excluding carboxylic acids is 1. The molecule has 1 saturated heterocycles. The summed E-state index contributed by atoms with van der Waals surface area (Å²) in [6, 6.07) is 14.7. The molecule has 1 amide bonds. The van der Waals surface area contributed by atoms with Crippen LogP contribution in [0.2, 0.25) is 0 Å². The Balaban J connectivity index is 1.83. The molecule has 1 fully saturated rings. The predicted octanol–water partition coefficient (Wildman–Crippen LogP) is 4.39. The van der Waals surface area contributed by atoms with E-state index in [2.05, 4.69) is 89.4 Å². The fourth-order valence-corrected chi connectivity index (χ4v) is 4.34. The molecule has 2 aromatic carbocycles. The maximum absolute atomic E-state index is 12.3. The van der Waals surface area contributed by atoms with Gasteiger partial charge in [0.1, 0.15) is 5.66 Å². The first-order chi connectivity index (χ1) is 11.8. The van der Waals surface area contributed by atoms with Crippen LogP contribution in [0.15, 0.2) is 53.0 Å². The van der Waals surface area contributed by atoms with Crippen LogP contribution in [0, 0.1) is 6.92 Å². The number of nitrogens with one attached hydrogen (secondary N) is 1. The molecule has 2 heterocycles. The third-order valence-electron chi connectivity index (χ3n) is 5.51. The van der Waals surface area contributed by atoms with Gasteiger partial charge in [0.05, 0.1) is 6.54 Å². The molecule has 0 bridgehead atoms. The lowest BCUT2D eigenvalue weighted by Gasteiger charge is -2.40. The van der Waals surface area contributed by atoms with Crippen LogP contribution in [-0.4, -0.2) is 18.1 Å². The molecular weight excluding hydrogens is 376 g/mol. The maximum Gasteiger partial charge on any atom is 0.241 e. The quantitative estimate of drug-likeness (QED) is 0.815. The molecule has 0 spiro atoms. The van der Waals surface area contributed by atoms with Gasteiger partial charge in [0.25, 0.3) is 0 Å². The first-order valence-corrected chi connectivity index (χ1v) is 9.27. The minimum Gasteiger partial charge on any atom is -0.335 e. The van der Waals surface area contributed by atoms with Gasteiger partial charge in [-0.05, 0) is 42.3 Å². The van der Waals surface area contributed by atoms with Crippen molar-refractivity contribution in [2.75, 3.05) is 11.4 Å². The standard InChI is InChI=1S/C21H21BrN2O/c1-14-4-9-18-17(12-14)20(2,3)21(23-19(25)13-24(18)21)11-10-15-5-7-16(22)8-6-15/h4-12H,13H2,1-3H3,(H,23,25)/t21-/m0/s1. The van der Waals surface area contributed by atoms with E-state index in [0.29, 0.717) is 6.54 Å². The van der Waals surface area contributed by atoms with Crippen LogP contribution >= 0.6 is 15.9 Å². The normalized spacial score (nSPS) is 23.7. The van der Waals surface area contributed by atoms with E-state index in [1.165, 1.54) is 11.1 Å². The summed E-state index contributed by atoms with van der Waals surface area (Å²) < 4.78 is 1.06. The van der Waals surface area contributed by atoms with Crippen molar-refractivity contribution in [2.24, 2.45) is 0 Å². The maximum atomic E-state index is 12.3. The highest BCUT2D eigenvalue weighted by molar-refractivity contribution is 9.10. The zero-order chi connectivity index (χ0) is 17.8. The molecule has 0 saturated carbocycles. The van der Waals surface area contributed by atoms with Crippen LogP contribution in [0.3, 0.4) is 0 Å². The molecule has 0 aromatic heterocycles. The second-order valence-corrected chi connectivity index (χ2v) is 8.35. The molecular formula is C21H21BrN2O. The van der Waals surface area contributed by atoms with E-state index in [0.717, 1.165) is 15.7 Å². The third kappa shape index (κ3) is 2.35. The number of rotatable bonds is 2. The Morgan fingerprint density at radius 2 is 1.88 bits per heavy atom. The fraction of sp³-hybridized carbons (Fsp3) is 0.286. The Morgan fingerprint density at radius 1 is 1.16 bits per heavy atom. The van der Waals surface area contributed by atoms with Crippen molar-refractivity contribution in [1.29, 1.82) is 0 Å². The van der Waals surface area contributed by atoms with Gasteiger partial charge in [-0.1, -0.05) is 65.7 Å². The molecule has 0 unspecified atom stereocenters. The van der Waals surface area contributed by atoms with Gasteiger partial charge in [-0.25, -0.2) is 0 Å². The van der Waals surface area contributed by atoms with Crippen molar-refractivity contribution in [2.45, 2.75) is 31.8 Å². The number of anilines is 1. The van der Waals surface area contributed by atoms with Crippen LogP contribution in [-0.2, 0) is 10.2 Å². The summed E-state index contributed by atoms with van der Waals surface area (Å²) in [6.45, 7) is 6.93. The Bertz CT molecular complexity index is 885. The van der Waals surface area contributed by atoms with Crippen molar-refractivity contribution >= 4 is 33.6 Å². The molecule has 2 aliphatic rings. The highest BCUT2D eigenvalue weighted by Crippen LogP contribution is 2.53. The van der Waals surface area contributed by atoms with Crippen molar-refractivity contribution in [3.05, 3.63) is 69.7 Å². The lowest BCUT2D eigenvalue weighted by molar-refractivity contribution is -0.118. The van der Waals surface area contributed by atoms with Crippen molar-refractivity contribution < 1.29 is 4.79 Å². The van der Waals surface area contributed by atoms with E-state index in [1.54, 1.807) is 0 Å². The first-order valence-electron chi connectivity index (χ1n) is 8.48. The minimum absolute atomic E-state index is 0.0692. The van der Waals surface area contributed by atoms with E-state index >= 15 is 0 Å². The van der Waals surface area contributed by atoms with Crippen molar-refractivity contribution in [3.8, 4) is 0 Å². The summed E-state index contributed by atoms with van der Waals surface area (Å²) in [5.74, 6) is 0.0692. The largest absolute Gasteiger partial charge is 0.335 e. The van der Waals surface area contributed by atoms with Crippen molar-refractivity contribution in [3.63, 3.8) is 0 Å². The molecule has 4 rings (SSSR count). The van der Waals surface area contributed by atoms with Gasteiger partial charge >= 0.3 is 0 Å². The Morgan fingerprint density at radius 3 is 2.60 bits per heavy atom. The molecule has 3 nitrogen and oxygen atoms in total. The average Bonchev–Trinajstić information content (AvgIpc) is 2.99. The molecule has 25 heavy (non-hydrogen) atoms. The second-order valence-electron chi connectivity index (χ2n) is 7.43. The number of hydrogen-bond acceptors (Lipinski definition) is 2. The Kier molecular flexibility index (Phi) is 3.58. The number of nitrogens with zero attached hydrogens (tertiary/aromatic N) is 1. The van der Waals surface area contributed by atoms with Crippen LogP contribution in [0.4, 0.5) is 5.69 Å². The lowest BCUT2D eigenvalue weighted by atomic mass is 9.75. The van der Waals surface area contributed by atoms with Crippen LogP contribution < -0.4 is 10.2 Å². The Hall–Kier alpha value is -2.07. The van der Waals surface area contributed by atoms with Gasteiger partial charge in [-0.15, -0.1) is 0 Å². The van der Waals surface area contributed by atoms with Crippen molar-refractivity contribution in [1.82, 2.24) is 5.32 Å². The number of benzene rings is 2. The monoisotopic (exact) mass is 396 g/mol. The number of hydrogen-bond donors (Lipinski definition) is 1. The van der Waals surface area contributed by atoms with Gasteiger partial charge in [0.2, 0.25) is 5.91 Å². The van der Waals surface area contributed by atoms with Crippen LogP contribution in [0.25, 0.3) is 6.08 Å². The number of carbonyl (C=O) groups is 1. The van der Waals surface area contributed by atoms with Crippen LogP contribution in [0.5, 0.6) is 0 Å². The van der Waals surface area contributed by atoms with Gasteiger partial charge < -0.3 is 10.2 Å². The average molecular weight is 397 g/mol. The summed E-state index contributed by atoms with van der Waals surface area (Å²) in [5.41, 5.74) is 4.02. The summed E-state index contributed by atoms with van der Waals surface area (Å²) in [4.78, 5) is 14.5. The summed E-state index contributed by atoms with van der Waals surface area (Å²) >= 11 is 3.47. The SMILES string of the molecule is Cc1ccc2c(c1)C(C)(C)[C@@]1(C=Cc3ccc(Br)cc3)NC(=O)CN21. The smallest absolute Gasteiger partial charge is 0.241 e. The van der Waals surface area contributed by atoms with Gasteiger partial charge in [-0.3, -0.25) is 4.79 Å². The molecule has 0 radical (unpaired) electrons. The van der Waals surface area contributed by atoms with E-state index in [4.69, 9.17) is 0 Å². The Labute approximate surface area is 156 Å². The summed E-state index contributed by atoms with van der Waals surface area (Å²) in [6.07, 6.45) is 4.25. The van der Waals surface area contributed by atoms with E-state index in [9.17, 15) is 4.79 Å². The molecule has 0 aliphatic carbocycles. The number of aryl methyl sites for hydroxylation is 1. The van der Waals surface area contributed by atoms with Gasteiger partial charge in [0.15, 0.2) is 0 Å². The number of halogens is 1. The topological polar surface area (TPSA) is 32.3 Å². The number of fused-ring (bicyclic) bond motifs is 3. The molecule has 128 valence electrons. The fourth-order valence-electron chi connectivity index (χ4n) is 4.08. The first kappa shape index (κ1) is 16.4. The molecule has 2 aliphatic heterocycles. The molecule has 1 atom stereocenters. The predicted molar refractivity (Wildman–Crippen MR) is 106 cm³/mol. The second kappa shape index (κ2) is 5.46. The van der Waals surface area contributed by atoms with E-state index in [-0.39, 0.29) is 11.3 Å². The molecule has 4 heteroatoms.